The maximum absolute atomic E-state index is 12.7. The summed E-state index contributed by atoms with van der Waals surface area (Å²) >= 11 is 7.64. The molecule has 124 valence electrons. The van der Waals surface area contributed by atoms with Gasteiger partial charge in [0.15, 0.2) is 0 Å². The molecule has 3 atom stereocenters. The van der Waals surface area contributed by atoms with Gasteiger partial charge in [-0.1, -0.05) is 11.6 Å². The fourth-order valence-corrected chi connectivity index (χ4v) is 5.92. The molecule has 3 unspecified atom stereocenters. The highest BCUT2D eigenvalue weighted by molar-refractivity contribution is 7.98. The summed E-state index contributed by atoms with van der Waals surface area (Å²) in [5, 5.41) is 0.486. The van der Waals surface area contributed by atoms with Crippen molar-refractivity contribution in [2.24, 2.45) is 17.6 Å². The zero-order chi connectivity index (χ0) is 15.2. The van der Waals surface area contributed by atoms with E-state index in [0.717, 1.165) is 17.7 Å². The Bertz CT molecular complexity index is 654. The number of nitrogens with two attached hydrogens (primary N) is 1. The van der Waals surface area contributed by atoms with E-state index in [1.54, 1.807) is 22.5 Å². The average molecular weight is 383 g/mol. The van der Waals surface area contributed by atoms with Crippen molar-refractivity contribution in [3.05, 3.63) is 23.2 Å². The van der Waals surface area contributed by atoms with Gasteiger partial charge in [0.1, 0.15) is 0 Å². The summed E-state index contributed by atoms with van der Waals surface area (Å²) < 4.78 is 27.1. The molecule has 0 bridgehead atoms. The molecule has 22 heavy (non-hydrogen) atoms. The van der Waals surface area contributed by atoms with Crippen molar-refractivity contribution >= 4 is 45.8 Å². The van der Waals surface area contributed by atoms with Gasteiger partial charge in [0.2, 0.25) is 10.0 Å². The van der Waals surface area contributed by atoms with Crippen LogP contribution in [0.25, 0.3) is 0 Å². The maximum Gasteiger partial charge on any atom is 0.243 e. The monoisotopic (exact) mass is 382 g/mol. The number of benzene rings is 1. The first kappa shape index (κ1) is 18.4. The lowest BCUT2D eigenvalue weighted by Crippen LogP contribution is -2.33. The molecule has 1 aliphatic carbocycles. The first-order chi connectivity index (χ1) is 9.93. The summed E-state index contributed by atoms with van der Waals surface area (Å²) in [5.41, 5.74) is 6.08. The van der Waals surface area contributed by atoms with Crippen molar-refractivity contribution in [1.29, 1.82) is 0 Å². The van der Waals surface area contributed by atoms with Crippen molar-refractivity contribution in [2.75, 3.05) is 19.3 Å². The van der Waals surface area contributed by atoms with Crippen LogP contribution in [0.4, 0.5) is 0 Å². The standard InChI is InChI=1S/C14H19ClN2O2S2.ClH/c1-20-14-5-3-10(6-12(14)15)21(18,19)17-7-9-2-4-13(16)11(9)8-17;/h3,5-6,9,11,13H,2,4,7-8,16H2,1H3;1H. The molecule has 2 N–H and O–H groups in total. The van der Waals surface area contributed by atoms with Crippen LogP contribution in [-0.4, -0.2) is 38.1 Å². The molecule has 2 fully saturated rings. The molecule has 0 aromatic heterocycles. The van der Waals surface area contributed by atoms with Crippen LogP contribution in [0.5, 0.6) is 0 Å². The molecule has 1 aromatic rings. The third-order valence-corrected chi connectivity index (χ3v) is 7.69. The first-order valence-electron chi connectivity index (χ1n) is 7.02. The summed E-state index contributed by atoms with van der Waals surface area (Å²) in [7, 11) is -3.47. The van der Waals surface area contributed by atoms with Crippen LogP contribution in [0.2, 0.25) is 5.02 Å². The Balaban J connectivity index is 0.00000176. The average Bonchev–Trinajstić information content (AvgIpc) is 3.02. The van der Waals surface area contributed by atoms with E-state index in [1.165, 1.54) is 11.8 Å². The Morgan fingerprint density at radius 1 is 1.32 bits per heavy atom. The fraction of sp³-hybridized carbons (Fsp3) is 0.571. The minimum absolute atomic E-state index is 0. The SMILES string of the molecule is CSc1ccc(S(=O)(=O)N2CC3CCC(N)C3C2)cc1Cl.Cl. The van der Waals surface area contributed by atoms with Crippen molar-refractivity contribution in [2.45, 2.75) is 28.7 Å². The van der Waals surface area contributed by atoms with Gasteiger partial charge in [-0.2, -0.15) is 4.31 Å². The number of fused-ring (bicyclic) bond motifs is 1. The molecule has 0 radical (unpaired) electrons. The minimum atomic E-state index is -3.47. The summed E-state index contributed by atoms with van der Waals surface area (Å²) in [6, 6.07) is 5.10. The van der Waals surface area contributed by atoms with Gasteiger partial charge in [-0.3, -0.25) is 0 Å². The van der Waals surface area contributed by atoms with E-state index in [2.05, 4.69) is 0 Å². The Morgan fingerprint density at radius 3 is 2.64 bits per heavy atom. The topological polar surface area (TPSA) is 63.4 Å². The second kappa shape index (κ2) is 6.87. The van der Waals surface area contributed by atoms with Crippen LogP contribution in [0.1, 0.15) is 12.8 Å². The fourth-order valence-electron chi connectivity index (χ4n) is 3.42. The van der Waals surface area contributed by atoms with Gasteiger partial charge in [0, 0.05) is 24.0 Å². The molecule has 8 heteroatoms. The lowest BCUT2D eigenvalue weighted by atomic mass is 9.98. The van der Waals surface area contributed by atoms with Crippen molar-refractivity contribution in [3.63, 3.8) is 0 Å². The van der Waals surface area contributed by atoms with E-state index >= 15 is 0 Å². The van der Waals surface area contributed by atoms with Crippen LogP contribution >= 0.6 is 35.8 Å². The zero-order valence-electron chi connectivity index (χ0n) is 12.2. The number of halogens is 2. The van der Waals surface area contributed by atoms with Crippen molar-refractivity contribution in [1.82, 2.24) is 4.31 Å². The normalized spacial score (nSPS) is 28.4. The van der Waals surface area contributed by atoms with E-state index in [-0.39, 0.29) is 23.3 Å². The molecule has 0 amide bonds. The second-order valence-corrected chi connectivity index (χ2v) is 8.98. The molecular weight excluding hydrogens is 363 g/mol. The van der Waals surface area contributed by atoms with Gasteiger partial charge in [-0.15, -0.1) is 24.2 Å². The smallest absolute Gasteiger partial charge is 0.243 e. The van der Waals surface area contributed by atoms with Crippen molar-refractivity contribution < 1.29 is 8.42 Å². The van der Waals surface area contributed by atoms with Crippen LogP contribution in [0.3, 0.4) is 0 Å². The minimum Gasteiger partial charge on any atom is -0.327 e. The molecule has 1 aromatic carbocycles. The summed E-state index contributed by atoms with van der Waals surface area (Å²) in [6.45, 7) is 1.12. The molecule has 4 nitrogen and oxygen atoms in total. The third-order valence-electron chi connectivity index (χ3n) is 4.64. The van der Waals surface area contributed by atoms with Crippen LogP contribution in [0, 0.1) is 11.8 Å². The zero-order valence-corrected chi connectivity index (χ0v) is 15.4. The van der Waals surface area contributed by atoms with Gasteiger partial charge in [-0.25, -0.2) is 8.42 Å². The molecule has 1 saturated carbocycles. The van der Waals surface area contributed by atoms with E-state index in [1.807, 2.05) is 6.26 Å². The van der Waals surface area contributed by atoms with Crippen LogP contribution < -0.4 is 5.73 Å². The van der Waals surface area contributed by atoms with Crippen molar-refractivity contribution in [3.8, 4) is 0 Å². The van der Waals surface area contributed by atoms with Gasteiger partial charge in [0.05, 0.1) is 9.92 Å². The van der Waals surface area contributed by atoms with Crippen LogP contribution in [0.15, 0.2) is 28.0 Å². The summed E-state index contributed by atoms with van der Waals surface area (Å²) in [6.07, 6.45) is 3.96. The summed E-state index contributed by atoms with van der Waals surface area (Å²) in [5.74, 6) is 0.719. The number of sulfonamides is 1. The molecular formula is C14H20Cl2N2O2S2. The Morgan fingerprint density at radius 2 is 2.05 bits per heavy atom. The number of nitrogens with zero attached hydrogens (tertiary/aromatic N) is 1. The number of rotatable bonds is 3. The highest BCUT2D eigenvalue weighted by Crippen LogP contribution is 2.39. The molecule has 1 saturated heterocycles. The molecule has 0 spiro atoms. The van der Waals surface area contributed by atoms with Crippen LogP contribution in [-0.2, 0) is 10.0 Å². The Kier molecular flexibility index (Phi) is 5.73. The third kappa shape index (κ3) is 3.14. The van der Waals surface area contributed by atoms with Gasteiger partial charge in [0.25, 0.3) is 0 Å². The van der Waals surface area contributed by atoms with Gasteiger partial charge in [-0.05, 0) is 49.1 Å². The Hall–Kier alpha value is 0.0200. The van der Waals surface area contributed by atoms with E-state index in [0.29, 0.717) is 29.9 Å². The largest absolute Gasteiger partial charge is 0.327 e. The molecule has 1 aliphatic heterocycles. The highest BCUT2D eigenvalue weighted by Gasteiger charge is 2.45. The lowest BCUT2D eigenvalue weighted by Gasteiger charge is -2.19. The molecule has 1 heterocycles. The predicted octanol–water partition coefficient (Wildman–Crippen LogP) is 2.84. The highest BCUT2D eigenvalue weighted by atomic mass is 35.5. The molecule has 3 rings (SSSR count). The lowest BCUT2D eigenvalue weighted by molar-refractivity contribution is 0.427. The number of hydrogen-bond donors (Lipinski definition) is 1. The number of hydrogen-bond acceptors (Lipinski definition) is 4. The predicted molar refractivity (Wildman–Crippen MR) is 93.4 cm³/mol. The quantitative estimate of drug-likeness (QED) is 0.816. The van der Waals surface area contributed by atoms with Gasteiger partial charge < -0.3 is 5.73 Å². The maximum atomic E-state index is 12.7. The van der Waals surface area contributed by atoms with E-state index in [4.69, 9.17) is 17.3 Å². The Labute approximate surface area is 147 Å². The second-order valence-electron chi connectivity index (χ2n) is 5.78. The molecule has 2 aliphatic rings. The van der Waals surface area contributed by atoms with Gasteiger partial charge >= 0.3 is 0 Å². The van der Waals surface area contributed by atoms with E-state index < -0.39 is 10.0 Å². The first-order valence-corrected chi connectivity index (χ1v) is 10.1. The van der Waals surface area contributed by atoms with E-state index in [9.17, 15) is 8.42 Å². The summed E-state index contributed by atoms with van der Waals surface area (Å²) in [4.78, 5) is 1.16. The number of thioether (sulfide) groups is 1.